The van der Waals surface area contributed by atoms with Crippen LogP contribution in [0.4, 0.5) is 5.69 Å². The zero-order valence-electron chi connectivity index (χ0n) is 12.1. The van der Waals surface area contributed by atoms with Crippen LogP contribution in [0.25, 0.3) is 0 Å². The molecule has 3 nitrogen and oxygen atoms in total. The van der Waals surface area contributed by atoms with Crippen molar-refractivity contribution in [2.24, 2.45) is 0 Å². The molecule has 1 aliphatic rings. The lowest BCUT2D eigenvalue weighted by molar-refractivity contribution is -0.120. The number of Topliss-reactive ketones (excluding diaryl/α,β-unsaturated/α-hetero) is 1. The highest BCUT2D eigenvalue weighted by atomic mass is 16.5. The average Bonchev–Trinajstić information content (AvgIpc) is 2.97. The van der Waals surface area contributed by atoms with Gasteiger partial charge in [-0.1, -0.05) is 30.3 Å². The molecule has 0 spiro atoms. The predicted molar refractivity (Wildman–Crippen MR) is 84.0 cm³/mol. The summed E-state index contributed by atoms with van der Waals surface area (Å²) < 4.78 is 5.14. The molecule has 108 valence electrons. The topological polar surface area (TPSA) is 38.3 Å². The predicted octanol–water partition coefficient (Wildman–Crippen LogP) is 3.41. The lowest BCUT2D eigenvalue weighted by Crippen LogP contribution is -2.15. The molecule has 0 aromatic heterocycles. The number of ketones is 1. The number of carbonyl (C=O) groups excluding carboxylic acids is 1. The van der Waals surface area contributed by atoms with Gasteiger partial charge in [0, 0.05) is 18.7 Å². The number of nitrogens with one attached hydrogen (secondary N) is 1. The minimum Gasteiger partial charge on any atom is -0.497 e. The van der Waals surface area contributed by atoms with Gasteiger partial charge in [0.1, 0.15) is 11.5 Å². The van der Waals surface area contributed by atoms with E-state index in [9.17, 15) is 4.79 Å². The van der Waals surface area contributed by atoms with Gasteiger partial charge in [-0.25, -0.2) is 0 Å². The van der Waals surface area contributed by atoms with Crippen molar-refractivity contribution in [3.05, 3.63) is 59.7 Å². The zero-order valence-corrected chi connectivity index (χ0v) is 12.1. The lowest BCUT2D eigenvalue weighted by Gasteiger charge is -2.09. The fourth-order valence-corrected chi connectivity index (χ4v) is 2.81. The molecule has 21 heavy (non-hydrogen) atoms. The van der Waals surface area contributed by atoms with E-state index < -0.39 is 0 Å². The third-order valence-corrected chi connectivity index (χ3v) is 4.04. The van der Waals surface area contributed by atoms with Crippen molar-refractivity contribution in [2.45, 2.75) is 18.8 Å². The smallest absolute Gasteiger partial charge is 0.142 e. The molecule has 1 N–H and O–H groups in total. The van der Waals surface area contributed by atoms with E-state index in [0.29, 0.717) is 12.2 Å². The van der Waals surface area contributed by atoms with Crippen LogP contribution < -0.4 is 10.1 Å². The van der Waals surface area contributed by atoms with E-state index in [-0.39, 0.29) is 5.92 Å². The molecule has 1 atom stereocenters. The van der Waals surface area contributed by atoms with E-state index in [4.69, 9.17) is 4.74 Å². The summed E-state index contributed by atoms with van der Waals surface area (Å²) in [5.41, 5.74) is 3.40. The van der Waals surface area contributed by atoms with Crippen LogP contribution in [0.2, 0.25) is 0 Å². The molecule has 0 radical (unpaired) electrons. The first-order valence-corrected chi connectivity index (χ1v) is 7.26. The summed E-state index contributed by atoms with van der Waals surface area (Å²) >= 11 is 0. The second-order valence-electron chi connectivity index (χ2n) is 5.34. The lowest BCUT2D eigenvalue weighted by atomic mass is 9.93. The number of hydrogen-bond donors (Lipinski definition) is 1. The number of para-hydroxylation sites is 1. The zero-order chi connectivity index (χ0) is 14.7. The third kappa shape index (κ3) is 2.92. The van der Waals surface area contributed by atoms with Gasteiger partial charge in [0.15, 0.2) is 0 Å². The number of hydrogen-bond acceptors (Lipinski definition) is 3. The Bertz CT molecular complexity index is 634. The number of anilines is 1. The van der Waals surface area contributed by atoms with Crippen molar-refractivity contribution in [3.8, 4) is 5.75 Å². The minimum atomic E-state index is -0.000511. The monoisotopic (exact) mass is 281 g/mol. The van der Waals surface area contributed by atoms with Crippen LogP contribution in [0.1, 0.15) is 23.5 Å². The maximum atomic E-state index is 12.4. The van der Waals surface area contributed by atoms with Crippen LogP contribution in [0, 0.1) is 0 Å². The van der Waals surface area contributed by atoms with Crippen molar-refractivity contribution in [3.63, 3.8) is 0 Å². The van der Waals surface area contributed by atoms with Gasteiger partial charge in [0.05, 0.1) is 13.0 Å². The van der Waals surface area contributed by atoms with Crippen molar-refractivity contribution < 1.29 is 9.53 Å². The Morgan fingerprint density at radius 1 is 1.19 bits per heavy atom. The Morgan fingerprint density at radius 2 is 1.95 bits per heavy atom. The standard InChI is InChI=1S/C18H19NO2/c1-21-14-9-6-13(7-10-14)8-11-18(20)16-12-19-17-5-3-2-4-15(16)17/h2-7,9-10,16,19H,8,11-12H2,1H3. The fourth-order valence-electron chi connectivity index (χ4n) is 2.81. The summed E-state index contributed by atoms with van der Waals surface area (Å²) in [6.07, 6.45) is 1.36. The molecule has 0 saturated heterocycles. The molecule has 3 heteroatoms. The molecule has 0 aliphatic carbocycles. The fraction of sp³-hybridized carbons (Fsp3) is 0.278. The highest BCUT2D eigenvalue weighted by molar-refractivity contribution is 5.90. The van der Waals surface area contributed by atoms with E-state index in [2.05, 4.69) is 5.32 Å². The summed E-state index contributed by atoms with van der Waals surface area (Å²) in [7, 11) is 1.66. The normalized spacial score (nSPS) is 16.1. The summed E-state index contributed by atoms with van der Waals surface area (Å²) in [6, 6.07) is 16.0. The van der Waals surface area contributed by atoms with E-state index in [1.54, 1.807) is 7.11 Å². The molecule has 2 aromatic rings. The van der Waals surface area contributed by atoms with E-state index in [1.807, 2.05) is 48.5 Å². The first-order chi connectivity index (χ1) is 10.3. The number of fused-ring (bicyclic) bond motifs is 1. The molecule has 1 unspecified atom stereocenters. The van der Waals surface area contributed by atoms with Gasteiger partial charge in [-0.2, -0.15) is 0 Å². The molecule has 1 aliphatic heterocycles. The Morgan fingerprint density at radius 3 is 2.71 bits per heavy atom. The van der Waals surface area contributed by atoms with Crippen molar-refractivity contribution in [1.29, 1.82) is 0 Å². The van der Waals surface area contributed by atoms with Crippen molar-refractivity contribution >= 4 is 11.5 Å². The highest BCUT2D eigenvalue weighted by Gasteiger charge is 2.27. The summed E-state index contributed by atoms with van der Waals surface area (Å²) in [5.74, 6) is 1.15. The van der Waals surface area contributed by atoms with Crippen molar-refractivity contribution in [2.75, 3.05) is 19.0 Å². The number of rotatable bonds is 5. The number of methoxy groups -OCH3 is 1. The number of benzene rings is 2. The molecule has 2 aromatic carbocycles. The van der Waals surface area contributed by atoms with Crippen LogP contribution in [0.15, 0.2) is 48.5 Å². The molecule has 3 rings (SSSR count). The SMILES string of the molecule is COc1ccc(CCC(=O)C2CNc3ccccc32)cc1. The second kappa shape index (κ2) is 6.00. The number of aryl methyl sites for hydroxylation is 1. The highest BCUT2D eigenvalue weighted by Crippen LogP contribution is 2.32. The molecule has 0 fully saturated rings. The summed E-state index contributed by atoms with van der Waals surface area (Å²) in [4.78, 5) is 12.4. The quantitative estimate of drug-likeness (QED) is 0.912. The second-order valence-corrected chi connectivity index (χ2v) is 5.34. The Hall–Kier alpha value is -2.29. The molecule has 1 heterocycles. The summed E-state index contributed by atoms with van der Waals surface area (Å²) in [6.45, 7) is 0.723. The maximum absolute atomic E-state index is 12.4. The van der Waals surface area contributed by atoms with Gasteiger partial charge in [0.2, 0.25) is 0 Å². The van der Waals surface area contributed by atoms with Crippen LogP contribution >= 0.6 is 0 Å². The summed E-state index contributed by atoms with van der Waals surface area (Å²) in [5, 5.41) is 3.31. The van der Waals surface area contributed by atoms with Gasteiger partial charge in [0.25, 0.3) is 0 Å². The molecular formula is C18H19NO2. The maximum Gasteiger partial charge on any atom is 0.142 e. The van der Waals surface area contributed by atoms with Crippen LogP contribution in [-0.2, 0) is 11.2 Å². The van der Waals surface area contributed by atoms with Gasteiger partial charge < -0.3 is 10.1 Å². The Kier molecular flexibility index (Phi) is 3.91. The molecular weight excluding hydrogens is 262 g/mol. The molecule has 0 amide bonds. The van der Waals surface area contributed by atoms with E-state index in [0.717, 1.165) is 30.0 Å². The third-order valence-electron chi connectivity index (χ3n) is 4.04. The van der Waals surface area contributed by atoms with Crippen LogP contribution in [0.3, 0.4) is 0 Å². The van der Waals surface area contributed by atoms with Gasteiger partial charge in [-0.3, -0.25) is 4.79 Å². The number of carbonyl (C=O) groups is 1. The van der Waals surface area contributed by atoms with E-state index >= 15 is 0 Å². The Labute approximate surface area is 124 Å². The largest absolute Gasteiger partial charge is 0.497 e. The molecule has 0 saturated carbocycles. The Balaban J connectivity index is 1.62. The average molecular weight is 281 g/mol. The van der Waals surface area contributed by atoms with Crippen LogP contribution in [-0.4, -0.2) is 19.4 Å². The van der Waals surface area contributed by atoms with Gasteiger partial charge >= 0.3 is 0 Å². The van der Waals surface area contributed by atoms with Crippen LogP contribution in [0.5, 0.6) is 5.75 Å². The van der Waals surface area contributed by atoms with Gasteiger partial charge in [-0.15, -0.1) is 0 Å². The van der Waals surface area contributed by atoms with Crippen molar-refractivity contribution in [1.82, 2.24) is 0 Å². The number of ether oxygens (including phenoxy) is 1. The first kappa shape index (κ1) is 13.7. The minimum absolute atomic E-state index is 0.000511. The first-order valence-electron chi connectivity index (χ1n) is 7.26. The van der Waals surface area contributed by atoms with Gasteiger partial charge in [-0.05, 0) is 35.7 Å². The van der Waals surface area contributed by atoms with E-state index in [1.165, 1.54) is 5.56 Å². The molecule has 0 bridgehead atoms.